The molecule has 2 nitrogen and oxygen atoms in total. The predicted molar refractivity (Wildman–Crippen MR) is 60.9 cm³/mol. The summed E-state index contributed by atoms with van der Waals surface area (Å²) in [6, 6.07) is 4.93. The molecule has 0 spiro atoms. The van der Waals surface area contributed by atoms with E-state index < -0.39 is 12.1 Å². The normalized spacial score (nSPS) is 13.9. The highest BCUT2D eigenvalue weighted by Crippen LogP contribution is 2.37. The molecule has 1 heterocycles. The number of aromatic amines is 1. The van der Waals surface area contributed by atoms with Crippen LogP contribution in [0.5, 0.6) is 0 Å². The van der Waals surface area contributed by atoms with E-state index in [9.17, 15) is 18.0 Å². The van der Waals surface area contributed by atoms with Gasteiger partial charge < -0.3 is 9.78 Å². The van der Waals surface area contributed by atoms with Crippen LogP contribution in [0.4, 0.5) is 13.2 Å². The second kappa shape index (κ2) is 4.18. The predicted octanol–water partition coefficient (Wildman–Crippen LogP) is 3.78. The lowest BCUT2D eigenvalue weighted by molar-refractivity contribution is -0.155. The number of hydrogen-bond acceptors (Lipinski definition) is 1. The quantitative estimate of drug-likeness (QED) is 0.842. The Morgan fingerprint density at radius 1 is 1.35 bits per heavy atom. The average molecular weight is 306 g/mol. The van der Waals surface area contributed by atoms with Crippen LogP contribution < -0.4 is 0 Å². The summed E-state index contributed by atoms with van der Waals surface area (Å²) in [5.41, 5.74) is 0.517. The lowest BCUT2D eigenvalue weighted by Gasteiger charge is -2.13. The van der Waals surface area contributed by atoms with Gasteiger partial charge in [-0.3, -0.25) is 0 Å². The van der Waals surface area contributed by atoms with Crippen molar-refractivity contribution in [3.05, 3.63) is 34.4 Å². The Hall–Kier alpha value is -1.30. The Labute approximate surface area is 103 Å². The van der Waals surface area contributed by atoms with Crippen molar-refractivity contribution in [1.29, 1.82) is 0 Å². The number of carbonyl (C=O) groups is 1. The first kappa shape index (κ1) is 12.2. The average Bonchev–Trinajstić information content (AvgIpc) is 2.60. The van der Waals surface area contributed by atoms with Crippen LogP contribution >= 0.6 is 15.9 Å². The van der Waals surface area contributed by atoms with Crippen LogP contribution in [0.25, 0.3) is 10.9 Å². The van der Waals surface area contributed by atoms with Gasteiger partial charge >= 0.3 is 6.18 Å². The highest BCUT2D eigenvalue weighted by Gasteiger charge is 2.41. The van der Waals surface area contributed by atoms with Crippen LogP contribution in [-0.4, -0.2) is 17.4 Å². The zero-order valence-electron chi connectivity index (χ0n) is 8.38. The minimum atomic E-state index is -4.57. The van der Waals surface area contributed by atoms with Crippen LogP contribution in [0.1, 0.15) is 11.5 Å². The number of halogens is 4. The molecule has 0 saturated carbocycles. The van der Waals surface area contributed by atoms with E-state index in [0.29, 0.717) is 15.4 Å². The molecule has 90 valence electrons. The molecule has 0 aliphatic carbocycles. The summed E-state index contributed by atoms with van der Waals surface area (Å²) in [6.45, 7) is 0. The van der Waals surface area contributed by atoms with E-state index >= 15 is 0 Å². The van der Waals surface area contributed by atoms with Crippen LogP contribution in [0.15, 0.2) is 28.9 Å². The van der Waals surface area contributed by atoms with Gasteiger partial charge in [-0.25, -0.2) is 0 Å². The summed E-state index contributed by atoms with van der Waals surface area (Å²) >= 11 is 3.19. The molecule has 2 aromatic rings. The Kier molecular flexibility index (Phi) is 2.99. The monoisotopic (exact) mass is 305 g/mol. The van der Waals surface area contributed by atoms with Gasteiger partial charge in [0.2, 0.25) is 0 Å². The van der Waals surface area contributed by atoms with Gasteiger partial charge in [-0.2, -0.15) is 13.2 Å². The Bertz CT molecular complexity index is 561. The third-order valence-corrected chi connectivity index (χ3v) is 2.99. The SMILES string of the molecule is O=CC(c1c[nH]c2ccc(Br)cc12)C(F)(F)F. The van der Waals surface area contributed by atoms with Gasteiger partial charge in [0.25, 0.3) is 0 Å². The van der Waals surface area contributed by atoms with E-state index in [1.165, 1.54) is 6.20 Å². The molecule has 0 radical (unpaired) electrons. The van der Waals surface area contributed by atoms with Gasteiger partial charge in [-0.1, -0.05) is 15.9 Å². The van der Waals surface area contributed by atoms with E-state index in [2.05, 4.69) is 20.9 Å². The molecule has 1 atom stereocenters. The van der Waals surface area contributed by atoms with E-state index in [0.717, 1.165) is 0 Å². The topological polar surface area (TPSA) is 32.9 Å². The number of benzene rings is 1. The second-order valence-corrected chi connectivity index (χ2v) is 4.50. The number of hydrogen-bond donors (Lipinski definition) is 1. The van der Waals surface area contributed by atoms with Gasteiger partial charge in [0.1, 0.15) is 12.2 Å². The molecule has 17 heavy (non-hydrogen) atoms. The number of aldehydes is 1. The molecular weight excluding hydrogens is 299 g/mol. The zero-order chi connectivity index (χ0) is 12.6. The molecular formula is C11H7BrF3NO. The van der Waals surface area contributed by atoms with Gasteiger partial charge in [-0.15, -0.1) is 0 Å². The summed E-state index contributed by atoms with van der Waals surface area (Å²) in [4.78, 5) is 13.4. The van der Waals surface area contributed by atoms with Gasteiger partial charge in [-0.05, 0) is 23.8 Å². The van der Waals surface area contributed by atoms with Crippen molar-refractivity contribution >= 4 is 33.1 Å². The third-order valence-electron chi connectivity index (χ3n) is 2.50. The highest BCUT2D eigenvalue weighted by atomic mass is 79.9. The van der Waals surface area contributed by atoms with Gasteiger partial charge in [0.05, 0.1) is 0 Å². The Balaban J connectivity index is 2.62. The fourth-order valence-electron chi connectivity index (χ4n) is 1.70. The summed E-state index contributed by atoms with van der Waals surface area (Å²) < 4.78 is 38.6. The van der Waals surface area contributed by atoms with Crippen LogP contribution in [0, 0.1) is 0 Å². The van der Waals surface area contributed by atoms with E-state index in [1.807, 2.05) is 0 Å². The maximum Gasteiger partial charge on any atom is 0.402 e. The van der Waals surface area contributed by atoms with E-state index in [4.69, 9.17) is 0 Å². The second-order valence-electron chi connectivity index (χ2n) is 3.59. The van der Waals surface area contributed by atoms with Crippen molar-refractivity contribution in [2.45, 2.75) is 12.1 Å². The standard InChI is InChI=1S/C11H7BrF3NO/c12-6-1-2-10-7(3-6)8(4-16-10)9(5-17)11(13,14)15/h1-5,9,16H. The van der Waals surface area contributed by atoms with Crippen molar-refractivity contribution in [2.24, 2.45) is 0 Å². The van der Waals surface area contributed by atoms with Crippen molar-refractivity contribution in [3.8, 4) is 0 Å². The summed E-state index contributed by atoms with van der Waals surface area (Å²) in [7, 11) is 0. The zero-order valence-corrected chi connectivity index (χ0v) is 9.97. The maximum atomic E-state index is 12.7. The summed E-state index contributed by atoms with van der Waals surface area (Å²) in [5, 5.41) is 0.397. The number of H-pyrrole nitrogens is 1. The molecule has 0 saturated heterocycles. The molecule has 1 aromatic heterocycles. The first-order valence-electron chi connectivity index (χ1n) is 4.72. The molecule has 0 aliphatic heterocycles. The number of nitrogens with one attached hydrogen (secondary N) is 1. The third kappa shape index (κ3) is 2.22. The molecule has 0 aliphatic rings. The summed E-state index contributed by atoms with van der Waals surface area (Å²) in [6.07, 6.45) is -3.42. The minimum Gasteiger partial charge on any atom is -0.361 e. The molecule has 0 amide bonds. The Morgan fingerprint density at radius 2 is 2.06 bits per heavy atom. The number of carbonyl (C=O) groups excluding carboxylic acids is 1. The molecule has 1 unspecified atom stereocenters. The van der Waals surface area contributed by atoms with Crippen LogP contribution in [0.2, 0.25) is 0 Å². The smallest absolute Gasteiger partial charge is 0.361 e. The lowest BCUT2D eigenvalue weighted by atomic mass is 9.99. The maximum absolute atomic E-state index is 12.7. The van der Waals surface area contributed by atoms with Crippen LogP contribution in [0.3, 0.4) is 0 Å². The van der Waals surface area contributed by atoms with Crippen molar-refractivity contribution in [1.82, 2.24) is 4.98 Å². The number of fused-ring (bicyclic) bond motifs is 1. The lowest BCUT2D eigenvalue weighted by Crippen LogP contribution is -2.21. The highest BCUT2D eigenvalue weighted by molar-refractivity contribution is 9.10. The van der Waals surface area contributed by atoms with Crippen molar-refractivity contribution in [2.75, 3.05) is 0 Å². The van der Waals surface area contributed by atoms with Crippen LogP contribution in [-0.2, 0) is 4.79 Å². The van der Waals surface area contributed by atoms with E-state index in [1.54, 1.807) is 18.2 Å². The molecule has 1 N–H and O–H groups in total. The Morgan fingerprint density at radius 3 is 2.65 bits per heavy atom. The first-order valence-corrected chi connectivity index (χ1v) is 5.51. The number of rotatable bonds is 2. The number of alkyl halides is 3. The minimum absolute atomic E-state index is 0.0520. The van der Waals surface area contributed by atoms with Crippen molar-refractivity contribution in [3.63, 3.8) is 0 Å². The molecule has 6 heteroatoms. The summed E-state index contributed by atoms with van der Waals surface area (Å²) in [5.74, 6) is -2.09. The fraction of sp³-hybridized carbons (Fsp3) is 0.182. The van der Waals surface area contributed by atoms with E-state index in [-0.39, 0.29) is 11.8 Å². The molecule has 2 rings (SSSR count). The van der Waals surface area contributed by atoms with Crippen molar-refractivity contribution < 1.29 is 18.0 Å². The molecule has 0 fully saturated rings. The molecule has 0 bridgehead atoms. The first-order chi connectivity index (χ1) is 7.93. The molecule has 1 aromatic carbocycles. The van der Waals surface area contributed by atoms with Gasteiger partial charge in [0.15, 0.2) is 0 Å². The van der Waals surface area contributed by atoms with Gasteiger partial charge in [0, 0.05) is 21.6 Å². The number of aromatic nitrogens is 1. The largest absolute Gasteiger partial charge is 0.402 e. The fourth-order valence-corrected chi connectivity index (χ4v) is 2.06.